The first kappa shape index (κ1) is 23.3. The van der Waals surface area contributed by atoms with Crippen molar-refractivity contribution in [2.45, 2.75) is 20.1 Å². The van der Waals surface area contributed by atoms with Crippen LogP contribution in [0.15, 0.2) is 65.8 Å². The van der Waals surface area contributed by atoms with Gasteiger partial charge < -0.3 is 24.4 Å². The molecule has 0 spiro atoms. The van der Waals surface area contributed by atoms with Crippen LogP contribution in [0.1, 0.15) is 23.6 Å². The van der Waals surface area contributed by atoms with E-state index in [1.54, 1.807) is 20.4 Å². The summed E-state index contributed by atoms with van der Waals surface area (Å²) in [5.74, 6) is 2.73. The highest BCUT2D eigenvalue weighted by atomic mass is 35.5. The van der Waals surface area contributed by atoms with Crippen LogP contribution in [0.2, 0.25) is 5.02 Å². The van der Waals surface area contributed by atoms with Crippen LogP contribution in [-0.2, 0) is 13.2 Å². The largest absolute Gasteiger partial charge is 0.493 e. The van der Waals surface area contributed by atoms with Crippen LogP contribution in [0.3, 0.4) is 0 Å². The zero-order valence-electron chi connectivity index (χ0n) is 18.4. The molecule has 0 heterocycles. The average Bonchev–Trinajstić information content (AvgIpc) is 2.82. The molecule has 168 valence electrons. The Hall–Kier alpha value is -3.38. The van der Waals surface area contributed by atoms with Gasteiger partial charge in [0.1, 0.15) is 6.61 Å². The Balaban J connectivity index is 1.60. The lowest BCUT2D eigenvalue weighted by Gasteiger charge is -2.13. The first-order chi connectivity index (χ1) is 15.6. The molecule has 0 fully saturated rings. The summed E-state index contributed by atoms with van der Waals surface area (Å²) in [4.78, 5) is 0. The van der Waals surface area contributed by atoms with Crippen LogP contribution in [0.25, 0.3) is 0 Å². The summed E-state index contributed by atoms with van der Waals surface area (Å²) in [6.07, 6.45) is 1.74. The van der Waals surface area contributed by atoms with Crippen LogP contribution in [0.4, 0.5) is 0 Å². The molecule has 3 aromatic rings. The quantitative estimate of drug-likeness (QED) is 0.308. The number of methoxy groups -OCH3 is 2. The number of nitrogens with one attached hydrogen (secondary N) is 1. The van der Waals surface area contributed by atoms with Crippen LogP contribution in [0, 0.1) is 0 Å². The van der Waals surface area contributed by atoms with Gasteiger partial charge in [0.05, 0.1) is 33.6 Å². The molecule has 0 unspecified atom stereocenters. The maximum Gasteiger partial charge on any atom is 0.161 e. The van der Waals surface area contributed by atoms with Gasteiger partial charge in [-0.1, -0.05) is 29.8 Å². The van der Waals surface area contributed by atoms with Crippen LogP contribution in [0.5, 0.6) is 23.0 Å². The van der Waals surface area contributed by atoms with Crippen molar-refractivity contribution in [2.24, 2.45) is 5.10 Å². The maximum absolute atomic E-state index is 5.94. The minimum Gasteiger partial charge on any atom is -0.493 e. The van der Waals surface area contributed by atoms with E-state index in [0.29, 0.717) is 47.8 Å². The van der Waals surface area contributed by atoms with E-state index < -0.39 is 0 Å². The number of ether oxygens (including phenoxy) is 4. The fourth-order valence-corrected chi connectivity index (χ4v) is 3.11. The Morgan fingerprint density at radius 3 is 2.25 bits per heavy atom. The second kappa shape index (κ2) is 11.9. The highest BCUT2D eigenvalue weighted by Gasteiger charge is 2.07. The first-order valence-electron chi connectivity index (χ1n) is 10.2. The van der Waals surface area contributed by atoms with E-state index >= 15 is 0 Å². The van der Waals surface area contributed by atoms with Gasteiger partial charge in [0.25, 0.3) is 0 Å². The number of halogens is 1. The van der Waals surface area contributed by atoms with Crippen LogP contribution < -0.4 is 24.4 Å². The number of benzene rings is 3. The lowest BCUT2D eigenvalue weighted by atomic mass is 10.2. The summed E-state index contributed by atoms with van der Waals surface area (Å²) >= 11 is 5.94. The molecule has 0 saturated carbocycles. The number of rotatable bonds is 11. The summed E-state index contributed by atoms with van der Waals surface area (Å²) in [6.45, 7) is 3.46. The SMILES string of the molecule is CCOc1cc(/C=N/NCc2ccc(OC)c(OC)c2)ccc1OCc1ccc(Cl)cc1. The van der Waals surface area contributed by atoms with Gasteiger partial charge in [-0.25, -0.2) is 0 Å². The highest BCUT2D eigenvalue weighted by molar-refractivity contribution is 6.30. The van der Waals surface area contributed by atoms with Crippen molar-refractivity contribution in [1.82, 2.24) is 5.43 Å². The molecule has 1 N–H and O–H groups in total. The summed E-state index contributed by atoms with van der Waals surface area (Å²) in [5.41, 5.74) is 6.00. The predicted octanol–water partition coefficient (Wildman–Crippen LogP) is 5.46. The smallest absolute Gasteiger partial charge is 0.161 e. The molecule has 3 rings (SSSR count). The average molecular weight is 455 g/mol. The Morgan fingerprint density at radius 2 is 1.53 bits per heavy atom. The summed E-state index contributed by atoms with van der Waals surface area (Å²) in [7, 11) is 3.23. The molecule has 32 heavy (non-hydrogen) atoms. The summed E-state index contributed by atoms with van der Waals surface area (Å²) in [6, 6.07) is 19.0. The molecule has 0 aliphatic carbocycles. The van der Waals surface area contributed by atoms with E-state index in [-0.39, 0.29) is 0 Å². The summed E-state index contributed by atoms with van der Waals surface area (Å²) in [5, 5.41) is 5.01. The first-order valence-corrected chi connectivity index (χ1v) is 10.6. The van der Waals surface area contributed by atoms with Crippen molar-refractivity contribution in [3.05, 3.63) is 82.4 Å². The van der Waals surface area contributed by atoms with E-state index in [2.05, 4.69) is 10.5 Å². The molecule has 0 bridgehead atoms. The third-order valence-electron chi connectivity index (χ3n) is 4.61. The molecule has 0 aliphatic heterocycles. The van der Waals surface area contributed by atoms with E-state index in [4.69, 9.17) is 30.5 Å². The van der Waals surface area contributed by atoms with E-state index in [0.717, 1.165) is 16.7 Å². The van der Waals surface area contributed by atoms with Crippen LogP contribution in [-0.4, -0.2) is 27.0 Å². The van der Waals surface area contributed by atoms with Gasteiger partial charge in [-0.15, -0.1) is 0 Å². The van der Waals surface area contributed by atoms with Crippen molar-refractivity contribution in [1.29, 1.82) is 0 Å². The van der Waals surface area contributed by atoms with Crippen molar-refractivity contribution in [3.8, 4) is 23.0 Å². The lowest BCUT2D eigenvalue weighted by Crippen LogP contribution is -2.06. The Bertz CT molecular complexity index is 1040. The number of hydrogen-bond donors (Lipinski definition) is 1. The molecular formula is C25H27ClN2O4. The van der Waals surface area contributed by atoms with Crippen LogP contribution >= 0.6 is 11.6 Å². The molecule has 0 aliphatic rings. The van der Waals surface area contributed by atoms with Gasteiger partial charge in [-0.3, -0.25) is 0 Å². The third-order valence-corrected chi connectivity index (χ3v) is 4.86. The van der Waals surface area contributed by atoms with Crippen molar-refractivity contribution in [3.63, 3.8) is 0 Å². The topological polar surface area (TPSA) is 61.3 Å². The second-order valence-corrected chi connectivity index (χ2v) is 7.27. The fourth-order valence-electron chi connectivity index (χ4n) is 2.98. The molecule has 7 heteroatoms. The minimum absolute atomic E-state index is 0.428. The third kappa shape index (κ3) is 6.56. The molecule has 0 atom stereocenters. The minimum atomic E-state index is 0.428. The molecule has 0 radical (unpaired) electrons. The standard InChI is InChI=1S/C25H27ClN2O4/c1-4-31-25-14-20(8-12-23(25)32-17-18-5-9-21(26)10-6-18)16-28-27-15-19-7-11-22(29-2)24(13-19)30-3/h5-14,16,27H,4,15,17H2,1-3H3/b28-16+. The maximum atomic E-state index is 5.94. The molecule has 0 saturated heterocycles. The molecule has 0 amide bonds. The van der Waals surface area contributed by atoms with Gasteiger partial charge in [-0.05, 0) is 66.1 Å². The lowest BCUT2D eigenvalue weighted by molar-refractivity contribution is 0.269. The van der Waals surface area contributed by atoms with Gasteiger partial charge in [0.2, 0.25) is 0 Å². The fraction of sp³-hybridized carbons (Fsp3) is 0.240. The number of nitrogens with zero attached hydrogens (tertiary/aromatic N) is 1. The number of hydrazone groups is 1. The Kier molecular flexibility index (Phi) is 8.63. The molecule has 3 aromatic carbocycles. The van der Waals surface area contributed by atoms with E-state index in [9.17, 15) is 0 Å². The van der Waals surface area contributed by atoms with E-state index in [1.807, 2.05) is 67.6 Å². The molecule has 0 aromatic heterocycles. The Morgan fingerprint density at radius 1 is 0.812 bits per heavy atom. The van der Waals surface area contributed by atoms with Crippen molar-refractivity contribution in [2.75, 3.05) is 20.8 Å². The predicted molar refractivity (Wildman–Crippen MR) is 127 cm³/mol. The van der Waals surface area contributed by atoms with Gasteiger partial charge >= 0.3 is 0 Å². The Labute approximate surface area is 193 Å². The van der Waals surface area contributed by atoms with Crippen molar-refractivity contribution < 1.29 is 18.9 Å². The second-order valence-electron chi connectivity index (χ2n) is 6.84. The molecule has 6 nitrogen and oxygen atoms in total. The molecular weight excluding hydrogens is 428 g/mol. The normalized spacial score (nSPS) is 10.8. The van der Waals surface area contributed by atoms with Crippen molar-refractivity contribution >= 4 is 17.8 Å². The number of hydrogen-bond acceptors (Lipinski definition) is 6. The zero-order valence-corrected chi connectivity index (χ0v) is 19.2. The van der Waals surface area contributed by atoms with Gasteiger partial charge in [0.15, 0.2) is 23.0 Å². The van der Waals surface area contributed by atoms with Gasteiger partial charge in [-0.2, -0.15) is 5.10 Å². The van der Waals surface area contributed by atoms with E-state index in [1.165, 1.54) is 0 Å². The van der Waals surface area contributed by atoms with Gasteiger partial charge in [0, 0.05) is 5.02 Å². The zero-order chi connectivity index (χ0) is 22.8. The highest BCUT2D eigenvalue weighted by Crippen LogP contribution is 2.29. The monoisotopic (exact) mass is 454 g/mol. The summed E-state index contributed by atoms with van der Waals surface area (Å²) < 4.78 is 22.3.